The summed E-state index contributed by atoms with van der Waals surface area (Å²) in [7, 11) is -4.50. The maximum atomic E-state index is 10.6. The molecule has 0 saturated carbocycles. The van der Waals surface area contributed by atoms with E-state index >= 15 is 0 Å². The lowest BCUT2D eigenvalue weighted by molar-refractivity contribution is -0.114. The van der Waals surface area contributed by atoms with E-state index < -0.39 is 27.8 Å². The molecule has 0 saturated heterocycles. The molecular formula is C5H8O5S. The van der Waals surface area contributed by atoms with E-state index in [-0.39, 0.29) is 0 Å². The zero-order valence-corrected chi connectivity index (χ0v) is 6.41. The zero-order chi connectivity index (χ0) is 9.07. The molecule has 0 fully saturated rings. The van der Waals surface area contributed by atoms with Crippen molar-refractivity contribution in [2.24, 2.45) is 0 Å². The number of carbonyl (C=O) groups is 1. The highest BCUT2D eigenvalue weighted by Gasteiger charge is 2.27. The van der Waals surface area contributed by atoms with Crippen molar-refractivity contribution in [3.05, 3.63) is 12.7 Å². The van der Waals surface area contributed by atoms with Crippen LogP contribution in [0.1, 0.15) is 0 Å². The minimum atomic E-state index is -4.50. The zero-order valence-electron chi connectivity index (χ0n) is 5.60. The van der Waals surface area contributed by atoms with Crippen molar-refractivity contribution < 1.29 is 22.9 Å². The average Bonchev–Trinajstić information content (AvgIpc) is 1.86. The van der Waals surface area contributed by atoms with Crippen molar-refractivity contribution in [1.82, 2.24) is 0 Å². The summed E-state index contributed by atoms with van der Waals surface area (Å²) in [4.78, 5) is 10.6. The van der Waals surface area contributed by atoms with Crippen molar-refractivity contribution in [3.63, 3.8) is 0 Å². The second-order valence-electron chi connectivity index (χ2n) is 1.79. The number of aliphatic hydroxyl groups excluding tert-OH is 1. The summed E-state index contributed by atoms with van der Waals surface area (Å²) in [6.45, 7) is 2.07. The van der Waals surface area contributed by atoms with E-state index in [0.717, 1.165) is 6.08 Å². The van der Waals surface area contributed by atoms with E-state index in [4.69, 9.17) is 9.66 Å². The molecule has 0 amide bonds. The van der Waals surface area contributed by atoms with Crippen LogP contribution in [-0.2, 0) is 14.9 Å². The van der Waals surface area contributed by atoms with Gasteiger partial charge in [-0.1, -0.05) is 6.58 Å². The van der Waals surface area contributed by atoms with Crippen molar-refractivity contribution >= 4 is 15.9 Å². The van der Waals surface area contributed by atoms with Crippen molar-refractivity contribution in [2.45, 2.75) is 5.25 Å². The Hall–Kier alpha value is -0.720. The predicted molar refractivity (Wildman–Crippen MR) is 37.6 cm³/mol. The molecule has 0 heterocycles. The first-order valence-corrected chi connectivity index (χ1v) is 4.17. The van der Waals surface area contributed by atoms with Gasteiger partial charge in [0.05, 0.1) is 6.61 Å². The summed E-state index contributed by atoms with van der Waals surface area (Å²) in [6.07, 6.45) is 0.731. The smallest absolute Gasteiger partial charge is 0.277 e. The lowest BCUT2D eigenvalue weighted by atomic mass is 10.3. The molecule has 0 aliphatic carbocycles. The van der Waals surface area contributed by atoms with Crippen molar-refractivity contribution in [3.8, 4) is 0 Å². The highest BCUT2D eigenvalue weighted by Crippen LogP contribution is 1.99. The van der Waals surface area contributed by atoms with Crippen molar-refractivity contribution in [2.75, 3.05) is 6.61 Å². The lowest BCUT2D eigenvalue weighted by Crippen LogP contribution is -2.31. The van der Waals surface area contributed by atoms with E-state index in [9.17, 15) is 13.2 Å². The predicted octanol–water partition coefficient (Wildman–Crippen LogP) is -1.01. The average molecular weight is 180 g/mol. The first-order chi connectivity index (χ1) is 4.93. The molecule has 0 rings (SSSR count). The maximum Gasteiger partial charge on any atom is 0.277 e. The van der Waals surface area contributed by atoms with Crippen molar-refractivity contribution in [1.29, 1.82) is 0 Å². The first kappa shape index (κ1) is 10.3. The topological polar surface area (TPSA) is 91.7 Å². The second kappa shape index (κ2) is 3.61. The van der Waals surface area contributed by atoms with Gasteiger partial charge in [-0.3, -0.25) is 9.35 Å². The van der Waals surface area contributed by atoms with Gasteiger partial charge in [0.1, 0.15) is 0 Å². The number of allylic oxidation sites excluding steroid dienone is 1. The number of carbonyl (C=O) groups excluding carboxylic acids is 1. The fourth-order valence-corrected chi connectivity index (χ4v) is 1.04. The van der Waals surface area contributed by atoms with Gasteiger partial charge in [0.2, 0.25) is 0 Å². The van der Waals surface area contributed by atoms with Crippen LogP contribution >= 0.6 is 0 Å². The molecule has 0 bridgehead atoms. The number of rotatable bonds is 4. The molecular weight excluding hydrogens is 172 g/mol. The van der Waals surface area contributed by atoms with E-state index in [1.165, 1.54) is 0 Å². The molecule has 5 nitrogen and oxygen atoms in total. The quantitative estimate of drug-likeness (QED) is 0.427. The third-order valence-corrected chi connectivity index (χ3v) is 2.14. The summed E-state index contributed by atoms with van der Waals surface area (Å²) >= 11 is 0. The monoisotopic (exact) mass is 180 g/mol. The highest BCUT2D eigenvalue weighted by molar-refractivity contribution is 7.87. The van der Waals surface area contributed by atoms with Gasteiger partial charge in [0, 0.05) is 0 Å². The Balaban J connectivity index is 4.70. The van der Waals surface area contributed by atoms with Gasteiger partial charge in [0.25, 0.3) is 10.1 Å². The number of ketones is 1. The van der Waals surface area contributed by atoms with Gasteiger partial charge < -0.3 is 5.11 Å². The van der Waals surface area contributed by atoms with E-state index in [1.807, 2.05) is 0 Å². The van der Waals surface area contributed by atoms with E-state index in [0.29, 0.717) is 0 Å². The molecule has 11 heavy (non-hydrogen) atoms. The van der Waals surface area contributed by atoms with Gasteiger partial charge in [-0.05, 0) is 6.08 Å². The fraction of sp³-hybridized carbons (Fsp3) is 0.400. The van der Waals surface area contributed by atoms with Crippen LogP contribution in [0.4, 0.5) is 0 Å². The summed E-state index contributed by atoms with van der Waals surface area (Å²) < 4.78 is 28.9. The van der Waals surface area contributed by atoms with Crippen LogP contribution < -0.4 is 0 Å². The van der Waals surface area contributed by atoms with Crippen LogP contribution in [0.15, 0.2) is 12.7 Å². The molecule has 6 heteroatoms. The van der Waals surface area contributed by atoms with E-state index in [2.05, 4.69) is 6.58 Å². The highest BCUT2D eigenvalue weighted by atomic mass is 32.2. The minimum absolute atomic E-state index is 0.731. The summed E-state index contributed by atoms with van der Waals surface area (Å²) in [6, 6.07) is 0. The third kappa shape index (κ3) is 2.79. The van der Waals surface area contributed by atoms with Gasteiger partial charge >= 0.3 is 0 Å². The van der Waals surface area contributed by atoms with Gasteiger partial charge in [-0.15, -0.1) is 0 Å². The summed E-state index contributed by atoms with van der Waals surface area (Å²) in [5, 5.41) is 6.56. The molecule has 0 aromatic carbocycles. The normalized spacial score (nSPS) is 14.0. The Labute approximate surface area is 64.1 Å². The van der Waals surface area contributed by atoms with Gasteiger partial charge in [-0.2, -0.15) is 8.42 Å². The number of aliphatic hydroxyl groups is 1. The van der Waals surface area contributed by atoms with Crippen LogP contribution in [0.2, 0.25) is 0 Å². The van der Waals surface area contributed by atoms with Crippen LogP contribution in [0, 0.1) is 0 Å². The molecule has 0 radical (unpaired) electrons. The molecule has 0 spiro atoms. The van der Waals surface area contributed by atoms with Gasteiger partial charge in [0.15, 0.2) is 11.0 Å². The number of hydrogen-bond acceptors (Lipinski definition) is 4. The fourth-order valence-electron chi connectivity index (χ4n) is 0.462. The lowest BCUT2D eigenvalue weighted by Gasteiger charge is -2.04. The molecule has 64 valence electrons. The number of hydrogen-bond donors (Lipinski definition) is 2. The van der Waals surface area contributed by atoms with Gasteiger partial charge in [-0.25, -0.2) is 0 Å². The molecule has 0 aliphatic rings. The molecule has 0 aromatic rings. The second-order valence-corrected chi connectivity index (χ2v) is 3.39. The Bertz CT molecular complexity index is 252. The Morgan fingerprint density at radius 3 is 2.18 bits per heavy atom. The first-order valence-electron chi connectivity index (χ1n) is 2.67. The van der Waals surface area contributed by atoms with E-state index in [1.54, 1.807) is 0 Å². The Morgan fingerprint density at radius 2 is 2.09 bits per heavy atom. The summed E-state index contributed by atoms with van der Waals surface area (Å²) in [5.41, 5.74) is 0. The third-order valence-electron chi connectivity index (χ3n) is 1.04. The maximum absolute atomic E-state index is 10.6. The SMILES string of the molecule is C=CC(=O)C(CO)S(=O)(=O)O. The molecule has 2 N–H and O–H groups in total. The Morgan fingerprint density at radius 1 is 1.64 bits per heavy atom. The molecule has 1 unspecified atom stereocenters. The molecule has 1 atom stereocenters. The molecule has 0 aromatic heterocycles. The largest absolute Gasteiger partial charge is 0.394 e. The minimum Gasteiger partial charge on any atom is -0.394 e. The Kier molecular flexibility index (Phi) is 3.37. The standard InChI is InChI=1S/C5H8O5S/c1-2-4(7)5(3-6)11(8,9)10/h2,5-6H,1,3H2,(H,8,9,10). The van der Waals surface area contributed by atoms with Crippen LogP contribution in [-0.4, -0.2) is 35.7 Å². The van der Waals surface area contributed by atoms with Crippen LogP contribution in [0.3, 0.4) is 0 Å². The summed E-state index contributed by atoms with van der Waals surface area (Å²) in [5.74, 6) is -0.921. The molecule has 0 aliphatic heterocycles. The van der Waals surface area contributed by atoms with Crippen LogP contribution in [0.5, 0.6) is 0 Å². The van der Waals surface area contributed by atoms with Crippen LogP contribution in [0.25, 0.3) is 0 Å².